The summed E-state index contributed by atoms with van der Waals surface area (Å²) in [6, 6.07) is 8.59. The number of carboxylic acid groups (broad SMARTS) is 1. The molecule has 0 aliphatic heterocycles. The molecule has 0 saturated heterocycles. The first-order valence-electron chi connectivity index (χ1n) is 5.07. The fourth-order valence-electron chi connectivity index (χ4n) is 1.40. The van der Waals surface area contributed by atoms with E-state index in [-0.39, 0.29) is 5.56 Å². The highest BCUT2D eigenvalue weighted by Gasteiger charge is 2.05. The van der Waals surface area contributed by atoms with Gasteiger partial charge in [-0.05, 0) is 46.3 Å². The van der Waals surface area contributed by atoms with Gasteiger partial charge in [-0.3, -0.25) is 0 Å². The minimum absolute atomic E-state index is 0.280. The maximum absolute atomic E-state index is 10.7. The van der Waals surface area contributed by atoms with Crippen molar-refractivity contribution in [3.63, 3.8) is 0 Å². The van der Waals surface area contributed by atoms with Crippen LogP contribution in [0.25, 0.3) is 0 Å². The van der Waals surface area contributed by atoms with Crippen molar-refractivity contribution in [2.24, 2.45) is 0 Å². The molecular formula is C12H9BrClNO2S. The Labute approximate surface area is 122 Å². The fourth-order valence-corrected chi connectivity index (χ4v) is 3.13. The molecule has 0 atom stereocenters. The summed E-state index contributed by atoms with van der Waals surface area (Å²) in [5, 5.41) is 12.0. The third-order valence-corrected chi connectivity index (χ3v) is 4.77. The second kappa shape index (κ2) is 5.73. The molecule has 0 fully saturated rings. The highest BCUT2D eigenvalue weighted by Crippen LogP contribution is 2.32. The van der Waals surface area contributed by atoms with Gasteiger partial charge in [0.15, 0.2) is 0 Å². The third kappa shape index (κ3) is 3.25. The first kappa shape index (κ1) is 13.4. The number of carboxylic acids is 1. The van der Waals surface area contributed by atoms with Crippen molar-refractivity contribution in [2.45, 2.75) is 6.54 Å². The molecule has 0 spiro atoms. The number of anilines is 1. The van der Waals surface area contributed by atoms with Crippen LogP contribution in [0.3, 0.4) is 0 Å². The largest absolute Gasteiger partial charge is 0.478 e. The molecular weight excluding hydrogens is 338 g/mol. The number of thiophene rings is 1. The van der Waals surface area contributed by atoms with Gasteiger partial charge in [0.1, 0.15) is 4.34 Å². The van der Waals surface area contributed by atoms with Crippen molar-refractivity contribution in [1.82, 2.24) is 0 Å². The molecule has 94 valence electrons. The SMILES string of the molecule is O=C(O)c1ccc(NCc2cc(Br)c(Cl)s2)cc1. The van der Waals surface area contributed by atoms with E-state index in [0.29, 0.717) is 6.54 Å². The van der Waals surface area contributed by atoms with Crippen molar-refractivity contribution in [3.05, 3.63) is 49.6 Å². The van der Waals surface area contributed by atoms with Gasteiger partial charge in [-0.15, -0.1) is 11.3 Å². The third-order valence-electron chi connectivity index (χ3n) is 2.29. The quantitative estimate of drug-likeness (QED) is 0.858. The Bertz CT molecular complexity index is 548. The van der Waals surface area contributed by atoms with Crippen molar-refractivity contribution < 1.29 is 9.90 Å². The van der Waals surface area contributed by atoms with Crippen LogP contribution in [0, 0.1) is 0 Å². The van der Waals surface area contributed by atoms with Crippen LogP contribution in [0.2, 0.25) is 4.34 Å². The van der Waals surface area contributed by atoms with Gasteiger partial charge in [0.05, 0.1) is 5.56 Å². The van der Waals surface area contributed by atoms with E-state index in [1.807, 2.05) is 6.07 Å². The number of hydrogen-bond donors (Lipinski definition) is 2. The lowest BCUT2D eigenvalue weighted by atomic mass is 10.2. The molecule has 6 heteroatoms. The number of rotatable bonds is 4. The van der Waals surface area contributed by atoms with E-state index in [0.717, 1.165) is 19.4 Å². The Morgan fingerprint density at radius 2 is 2.06 bits per heavy atom. The monoisotopic (exact) mass is 345 g/mol. The summed E-state index contributed by atoms with van der Waals surface area (Å²) in [6.07, 6.45) is 0. The zero-order chi connectivity index (χ0) is 13.1. The summed E-state index contributed by atoms with van der Waals surface area (Å²) >= 11 is 10.8. The van der Waals surface area contributed by atoms with Gasteiger partial charge in [-0.1, -0.05) is 11.6 Å². The molecule has 0 bridgehead atoms. The number of carbonyl (C=O) groups is 1. The maximum Gasteiger partial charge on any atom is 0.335 e. The lowest BCUT2D eigenvalue weighted by Gasteiger charge is -2.04. The summed E-state index contributed by atoms with van der Waals surface area (Å²) in [4.78, 5) is 11.8. The average Bonchev–Trinajstić information content (AvgIpc) is 2.67. The van der Waals surface area contributed by atoms with E-state index in [4.69, 9.17) is 16.7 Å². The Kier molecular flexibility index (Phi) is 4.27. The predicted octanol–water partition coefficient (Wildman–Crippen LogP) is 4.47. The molecule has 2 aromatic rings. The standard InChI is InChI=1S/C12H9BrClNO2S/c13-10-5-9(18-11(10)14)6-15-8-3-1-7(2-4-8)12(16)17/h1-5,15H,6H2,(H,16,17). The lowest BCUT2D eigenvalue weighted by Crippen LogP contribution is -1.99. The van der Waals surface area contributed by atoms with Crippen LogP contribution < -0.4 is 5.32 Å². The minimum atomic E-state index is -0.921. The summed E-state index contributed by atoms with van der Waals surface area (Å²) in [6.45, 7) is 0.655. The number of halogens is 2. The summed E-state index contributed by atoms with van der Waals surface area (Å²) in [5.74, 6) is -0.921. The Morgan fingerprint density at radius 1 is 1.39 bits per heavy atom. The second-order valence-corrected chi connectivity index (χ2v) is 6.16. The number of hydrogen-bond acceptors (Lipinski definition) is 3. The van der Waals surface area contributed by atoms with Crippen LogP contribution in [0.15, 0.2) is 34.8 Å². The van der Waals surface area contributed by atoms with Crippen LogP contribution >= 0.6 is 38.9 Å². The lowest BCUT2D eigenvalue weighted by molar-refractivity contribution is 0.0697. The molecule has 0 aliphatic rings. The summed E-state index contributed by atoms with van der Waals surface area (Å²) in [7, 11) is 0. The number of aromatic carboxylic acids is 1. The van der Waals surface area contributed by atoms with Crippen molar-refractivity contribution in [2.75, 3.05) is 5.32 Å². The van der Waals surface area contributed by atoms with Crippen LogP contribution in [0.4, 0.5) is 5.69 Å². The molecule has 3 nitrogen and oxygen atoms in total. The smallest absolute Gasteiger partial charge is 0.335 e. The molecule has 0 amide bonds. The van der Waals surface area contributed by atoms with Gasteiger partial charge in [-0.25, -0.2) is 4.79 Å². The first-order valence-corrected chi connectivity index (χ1v) is 7.06. The highest BCUT2D eigenvalue weighted by molar-refractivity contribution is 9.10. The summed E-state index contributed by atoms with van der Waals surface area (Å²) in [5.41, 5.74) is 1.16. The van der Waals surface area contributed by atoms with E-state index >= 15 is 0 Å². The van der Waals surface area contributed by atoms with Crippen molar-refractivity contribution >= 4 is 50.5 Å². The van der Waals surface area contributed by atoms with E-state index in [9.17, 15) is 4.79 Å². The van der Waals surface area contributed by atoms with Gasteiger partial charge >= 0.3 is 5.97 Å². The Morgan fingerprint density at radius 3 is 2.56 bits per heavy atom. The van der Waals surface area contributed by atoms with Crippen LogP contribution in [0.1, 0.15) is 15.2 Å². The van der Waals surface area contributed by atoms with Crippen LogP contribution in [-0.2, 0) is 6.54 Å². The van der Waals surface area contributed by atoms with E-state index < -0.39 is 5.97 Å². The van der Waals surface area contributed by atoms with Gasteiger partial charge in [0.2, 0.25) is 0 Å². The molecule has 1 heterocycles. The summed E-state index contributed by atoms with van der Waals surface area (Å²) < 4.78 is 1.63. The molecule has 1 aromatic carbocycles. The molecule has 18 heavy (non-hydrogen) atoms. The average molecular weight is 347 g/mol. The molecule has 2 rings (SSSR count). The van der Waals surface area contributed by atoms with Gasteiger partial charge in [-0.2, -0.15) is 0 Å². The van der Waals surface area contributed by atoms with Crippen LogP contribution in [0.5, 0.6) is 0 Å². The number of benzene rings is 1. The van der Waals surface area contributed by atoms with E-state index in [2.05, 4.69) is 21.2 Å². The molecule has 1 aromatic heterocycles. The second-order valence-electron chi connectivity index (χ2n) is 3.57. The Balaban J connectivity index is 2.00. The van der Waals surface area contributed by atoms with Gasteiger partial charge < -0.3 is 10.4 Å². The van der Waals surface area contributed by atoms with Gasteiger partial charge in [0, 0.05) is 21.6 Å². The van der Waals surface area contributed by atoms with Crippen molar-refractivity contribution in [3.8, 4) is 0 Å². The number of nitrogens with one attached hydrogen (secondary N) is 1. The normalized spacial score (nSPS) is 10.3. The van der Waals surface area contributed by atoms with Crippen LogP contribution in [-0.4, -0.2) is 11.1 Å². The molecule has 2 N–H and O–H groups in total. The molecule has 0 aliphatic carbocycles. The van der Waals surface area contributed by atoms with E-state index in [1.165, 1.54) is 11.3 Å². The molecule has 0 saturated carbocycles. The predicted molar refractivity (Wildman–Crippen MR) is 77.8 cm³/mol. The molecule has 0 unspecified atom stereocenters. The topological polar surface area (TPSA) is 49.3 Å². The minimum Gasteiger partial charge on any atom is -0.478 e. The maximum atomic E-state index is 10.7. The van der Waals surface area contributed by atoms with E-state index in [1.54, 1.807) is 24.3 Å². The zero-order valence-corrected chi connectivity index (χ0v) is 12.3. The Hall–Kier alpha value is -1.04. The first-order chi connectivity index (χ1) is 8.56. The fraction of sp³-hybridized carbons (Fsp3) is 0.0833. The van der Waals surface area contributed by atoms with Crippen molar-refractivity contribution in [1.29, 1.82) is 0 Å². The zero-order valence-electron chi connectivity index (χ0n) is 9.11. The van der Waals surface area contributed by atoms with Gasteiger partial charge in [0.25, 0.3) is 0 Å². The molecule has 0 radical (unpaired) electrons. The highest BCUT2D eigenvalue weighted by atomic mass is 79.9.